The predicted molar refractivity (Wildman–Crippen MR) is 189 cm³/mol. The maximum absolute atomic E-state index is 5.93. The molecule has 6 aromatic carbocycles. The highest BCUT2D eigenvalue weighted by atomic mass is 16.5. The molecule has 0 N–H and O–H groups in total. The van der Waals surface area contributed by atoms with Gasteiger partial charge >= 0.3 is 0 Å². The van der Waals surface area contributed by atoms with Gasteiger partial charge in [0.15, 0.2) is 0 Å². The highest BCUT2D eigenvalue weighted by molar-refractivity contribution is 6.10. The van der Waals surface area contributed by atoms with E-state index < -0.39 is 0 Å². The molecule has 0 aliphatic heterocycles. The number of ether oxygens (including phenoxy) is 2. The van der Waals surface area contributed by atoms with Crippen LogP contribution in [0.1, 0.15) is 0 Å². The van der Waals surface area contributed by atoms with Crippen molar-refractivity contribution in [1.82, 2.24) is 9.97 Å². The summed E-state index contributed by atoms with van der Waals surface area (Å²) in [5.74, 6) is 1.60. The fourth-order valence-electron chi connectivity index (χ4n) is 6.49. The van der Waals surface area contributed by atoms with Crippen LogP contribution in [0.3, 0.4) is 0 Å². The van der Waals surface area contributed by atoms with E-state index in [0.29, 0.717) is 0 Å². The van der Waals surface area contributed by atoms with Crippen molar-refractivity contribution in [3.8, 4) is 56.5 Å². The first kappa shape index (κ1) is 27.5. The quantitative estimate of drug-likeness (QED) is 0.192. The molecule has 0 atom stereocenters. The maximum atomic E-state index is 5.93. The van der Waals surface area contributed by atoms with Crippen molar-refractivity contribution in [2.45, 2.75) is 0 Å². The molecule has 4 nitrogen and oxygen atoms in total. The van der Waals surface area contributed by atoms with Gasteiger partial charge in [0.2, 0.25) is 0 Å². The summed E-state index contributed by atoms with van der Waals surface area (Å²) in [6.45, 7) is 0. The first-order chi connectivity index (χ1) is 22.7. The number of benzene rings is 6. The molecule has 46 heavy (non-hydrogen) atoms. The van der Waals surface area contributed by atoms with Crippen LogP contribution < -0.4 is 9.47 Å². The molecule has 0 aliphatic carbocycles. The average molecular weight is 595 g/mol. The average Bonchev–Trinajstić information content (AvgIpc) is 3.13. The van der Waals surface area contributed by atoms with Crippen LogP contribution in [0.25, 0.3) is 77.3 Å². The molecule has 0 radical (unpaired) electrons. The van der Waals surface area contributed by atoms with E-state index in [-0.39, 0.29) is 0 Å². The summed E-state index contributed by atoms with van der Waals surface area (Å²) in [6, 6.07) is 50.2. The molecule has 2 aromatic heterocycles. The number of aromatic nitrogens is 2. The van der Waals surface area contributed by atoms with E-state index in [4.69, 9.17) is 19.4 Å². The standard InChI is InChI=1S/C42H30N2O2/c1-45-39-24-21-28-11-4-6-14-32(28)41(39)42-33-23-20-30(26-29(33)22-25-40(42)46-2)35-16-8-18-37(43-35)38-19-9-17-36(44-38)34-15-7-12-27-10-3-5-13-31(27)34/h3-26H,1-2H3. The molecule has 220 valence electrons. The minimum atomic E-state index is 0.798. The molecule has 0 unspecified atom stereocenters. The maximum Gasteiger partial charge on any atom is 0.127 e. The van der Waals surface area contributed by atoms with Gasteiger partial charge < -0.3 is 9.47 Å². The molecule has 0 saturated carbocycles. The second-order valence-corrected chi connectivity index (χ2v) is 11.3. The Bertz CT molecular complexity index is 2410. The topological polar surface area (TPSA) is 44.2 Å². The van der Waals surface area contributed by atoms with E-state index in [2.05, 4.69) is 121 Å². The van der Waals surface area contributed by atoms with Crippen LogP contribution >= 0.6 is 0 Å². The lowest BCUT2D eigenvalue weighted by Gasteiger charge is -2.18. The number of pyridine rings is 2. The van der Waals surface area contributed by atoms with Crippen molar-refractivity contribution in [3.05, 3.63) is 146 Å². The zero-order valence-corrected chi connectivity index (χ0v) is 25.6. The Morgan fingerprint density at radius 1 is 0.391 bits per heavy atom. The van der Waals surface area contributed by atoms with Crippen molar-refractivity contribution < 1.29 is 9.47 Å². The Hall–Kier alpha value is -6.00. The highest BCUT2D eigenvalue weighted by Crippen LogP contribution is 2.45. The monoisotopic (exact) mass is 594 g/mol. The summed E-state index contributed by atoms with van der Waals surface area (Å²) in [4.78, 5) is 10.2. The zero-order valence-electron chi connectivity index (χ0n) is 25.6. The molecular formula is C42H30N2O2. The van der Waals surface area contributed by atoms with Gasteiger partial charge in [-0.3, -0.25) is 0 Å². The van der Waals surface area contributed by atoms with E-state index in [1.165, 1.54) is 10.8 Å². The predicted octanol–water partition coefficient (Wildman–Crippen LogP) is 10.6. The van der Waals surface area contributed by atoms with Crippen molar-refractivity contribution in [1.29, 1.82) is 0 Å². The van der Waals surface area contributed by atoms with Gasteiger partial charge in [0, 0.05) is 22.3 Å². The lowest BCUT2D eigenvalue weighted by molar-refractivity contribution is 0.411. The third-order valence-electron chi connectivity index (χ3n) is 8.68. The smallest absolute Gasteiger partial charge is 0.127 e. The van der Waals surface area contributed by atoms with E-state index >= 15 is 0 Å². The summed E-state index contributed by atoms with van der Waals surface area (Å²) >= 11 is 0. The van der Waals surface area contributed by atoms with Gasteiger partial charge in [-0.1, -0.05) is 103 Å². The van der Waals surface area contributed by atoms with Gasteiger partial charge in [-0.2, -0.15) is 0 Å². The number of rotatable bonds is 6. The first-order valence-electron chi connectivity index (χ1n) is 15.3. The molecule has 8 rings (SSSR count). The minimum Gasteiger partial charge on any atom is -0.496 e. The van der Waals surface area contributed by atoms with Gasteiger partial charge in [0.05, 0.1) is 37.0 Å². The summed E-state index contributed by atoms with van der Waals surface area (Å²) in [5, 5.41) is 6.82. The first-order valence-corrected chi connectivity index (χ1v) is 15.3. The second kappa shape index (κ2) is 11.5. The number of nitrogens with zero attached hydrogens (tertiary/aromatic N) is 2. The molecular weight excluding hydrogens is 564 g/mol. The third-order valence-corrected chi connectivity index (χ3v) is 8.68. The lowest BCUT2D eigenvalue weighted by atomic mass is 9.91. The number of hydrogen-bond donors (Lipinski definition) is 0. The Kier molecular flexibility index (Phi) is 6.88. The molecule has 0 aliphatic rings. The molecule has 0 spiro atoms. The number of methoxy groups -OCH3 is 2. The molecule has 0 saturated heterocycles. The second-order valence-electron chi connectivity index (χ2n) is 11.3. The molecule has 0 amide bonds. The molecule has 2 heterocycles. The highest BCUT2D eigenvalue weighted by Gasteiger charge is 2.19. The SMILES string of the molecule is COc1ccc2ccccc2c1-c1c(OC)ccc2cc(-c3cccc(-c4cccc(-c5cccc6ccccc56)n4)n3)ccc12. The summed E-state index contributed by atoms with van der Waals surface area (Å²) < 4.78 is 11.8. The van der Waals surface area contributed by atoms with Crippen molar-refractivity contribution >= 4 is 32.3 Å². The fraction of sp³-hybridized carbons (Fsp3) is 0.0476. The minimum absolute atomic E-state index is 0.798. The van der Waals surface area contributed by atoms with E-state index in [1.54, 1.807) is 14.2 Å². The molecule has 8 aromatic rings. The normalized spacial score (nSPS) is 11.3. The van der Waals surface area contributed by atoms with Crippen LogP contribution in [0.4, 0.5) is 0 Å². The van der Waals surface area contributed by atoms with Crippen molar-refractivity contribution in [3.63, 3.8) is 0 Å². The largest absolute Gasteiger partial charge is 0.496 e. The summed E-state index contributed by atoms with van der Waals surface area (Å²) in [6.07, 6.45) is 0. The van der Waals surface area contributed by atoms with Gasteiger partial charge in [0.25, 0.3) is 0 Å². The third kappa shape index (κ3) is 4.72. The Labute approximate surface area is 267 Å². The van der Waals surface area contributed by atoms with Crippen molar-refractivity contribution in [2.24, 2.45) is 0 Å². The Balaban J connectivity index is 1.22. The van der Waals surface area contributed by atoms with Crippen LogP contribution in [0.15, 0.2) is 146 Å². The number of hydrogen-bond acceptors (Lipinski definition) is 4. The lowest BCUT2D eigenvalue weighted by Crippen LogP contribution is -1.95. The van der Waals surface area contributed by atoms with Crippen LogP contribution in [0.2, 0.25) is 0 Å². The fourth-order valence-corrected chi connectivity index (χ4v) is 6.49. The van der Waals surface area contributed by atoms with E-state index in [0.717, 1.165) is 78.1 Å². The van der Waals surface area contributed by atoms with Crippen LogP contribution in [0, 0.1) is 0 Å². The van der Waals surface area contributed by atoms with Crippen LogP contribution in [0.5, 0.6) is 11.5 Å². The summed E-state index contributed by atoms with van der Waals surface area (Å²) in [5.41, 5.74) is 7.65. The van der Waals surface area contributed by atoms with Crippen molar-refractivity contribution in [2.75, 3.05) is 14.2 Å². The Morgan fingerprint density at radius 2 is 0.913 bits per heavy atom. The molecule has 0 fully saturated rings. The zero-order chi connectivity index (χ0) is 31.0. The number of fused-ring (bicyclic) bond motifs is 3. The van der Waals surface area contributed by atoms with Crippen LogP contribution in [-0.4, -0.2) is 24.2 Å². The van der Waals surface area contributed by atoms with Gasteiger partial charge in [-0.05, 0) is 74.8 Å². The Morgan fingerprint density at radius 3 is 1.63 bits per heavy atom. The molecule has 4 heteroatoms. The van der Waals surface area contributed by atoms with Crippen LogP contribution in [-0.2, 0) is 0 Å². The molecule has 0 bridgehead atoms. The van der Waals surface area contributed by atoms with Gasteiger partial charge in [-0.25, -0.2) is 9.97 Å². The summed E-state index contributed by atoms with van der Waals surface area (Å²) in [7, 11) is 3.43. The van der Waals surface area contributed by atoms with Gasteiger partial charge in [0.1, 0.15) is 11.5 Å². The van der Waals surface area contributed by atoms with E-state index in [9.17, 15) is 0 Å². The van der Waals surface area contributed by atoms with Gasteiger partial charge in [-0.15, -0.1) is 0 Å². The van der Waals surface area contributed by atoms with E-state index in [1.807, 2.05) is 24.3 Å².